The van der Waals surface area contributed by atoms with Crippen LogP contribution in [0.25, 0.3) is 0 Å². The van der Waals surface area contributed by atoms with E-state index in [0.717, 1.165) is 43.6 Å². The van der Waals surface area contributed by atoms with Gasteiger partial charge in [-0.05, 0) is 19.3 Å². The van der Waals surface area contributed by atoms with E-state index in [1.54, 1.807) is 4.57 Å². The second-order valence-corrected chi connectivity index (χ2v) is 13.8. The van der Waals surface area contributed by atoms with Crippen LogP contribution < -0.4 is 5.73 Å². The monoisotopic (exact) mass is 616 g/mol. The van der Waals surface area contributed by atoms with Crippen molar-refractivity contribution in [1.82, 2.24) is 9.55 Å². The van der Waals surface area contributed by atoms with Crippen LogP contribution in [-0.4, -0.2) is 15.5 Å². The zero-order valence-electron chi connectivity index (χ0n) is 30.2. The number of nitrogens with zero attached hydrogens (tertiary/aromatic N) is 2. The van der Waals surface area contributed by atoms with E-state index in [1.165, 1.54) is 173 Å². The average molecular weight is 616 g/mol. The Labute approximate surface area is 275 Å². The number of carbonyl (C=O) groups excluding carboxylic acids is 1. The highest BCUT2D eigenvalue weighted by atomic mass is 16.2. The summed E-state index contributed by atoms with van der Waals surface area (Å²) in [6.45, 7) is 6.66. The predicted molar refractivity (Wildman–Crippen MR) is 195 cm³/mol. The fourth-order valence-corrected chi connectivity index (χ4v) is 6.65. The van der Waals surface area contributed by atoms with Crippen LogP contribution >= 0.6 is 0 Å². The molecule has 0 atom stereocenters. The molecule has 4 nitrogen and oxygen atoms in total. The summed E-state index contributed by atoms with van der Waals surface area (Å²) in [5.41, 5.74) is 7.30. The van der Waals surface area contributed by atoms with E-state index in [1.807, 2.05) is 0 Å². The molecular formula is C40H77N3O. The Morgan fingerprint density at radius 2 is 0.818 bits per heavy atom. The van der Waals surface area contributed by atoms with Crippen LogP contribution in [0.3, 0.4) is 0 Å². The quantitative estimate of drug-likeness (QED) is 0.0800. The molecule has 1 heterocycles. The Balaban J connectivity index is 2.10. The number of carbonyl (C=O) groups is 1. The molecule has 2 N–H and O–H groups in total. The zero-order valence-corrected chi connectivity index (χ0v) is 30.2. The van der Waals surface area contributed by atoms with Gasteiger partial charge in [-0.2, -0.15) is 0 Å². The number of hydrogen-bond acceptors (Lipinski definition) is 3. The van der Waals surface area contributed by atoms with Gasteiger partial charge in [0.2, 0.25) is 5.91 Å². The largest absolute Gasteiger partial charge is 0.383 e. The van der Waals surface area contributed by atoms with Crippen molar-refractivity contribution in [3.8, 4) is 0 Å². The number of imidazole rings is 1. The van der Waals surface area contributed by atoms with Crippen molar-refractivity contribution in [2.45, 2.75) is 233 Å². The highest BCUT2D eigenvalue weighted by molar-refractivity contribution is 5.83. The van der Waals surface area contributed by atoms with Crippen molar-refractivity contribution < 1.29 is 4.79 Å². The van der Waals surface area contributed by atoms with Crippen LogP contribution in [0.15, 0.2) is 0 Å². The van der Waals surface area contributed by atoms with Crippen molar-refractivity contribution in [3.63, 3.8) is 0 Å². The molecule has 0 aromatic carbocycles. The number of aromatic nitrogens is 2. The zero-order chi connectivity index (χ0) is 31.9. The molecule has 0 unspecified atom stereocenters. The Hall–Kier alpha value is -1.32. The van der Waals surface area contributed by atoms with Gasteiger partial charge in [0.15, 0.2) is 0 Å². The van der Waals surface area contributed by atoms with Gasteiger partial charge in [-0.15, -0.1) is 0 Å². The van der Waals surface area contributed by atoms with E-state index >= 15 is 0 Å². The number of hydrogen-bond donors (Lipinski definition) is 1. The molecule has 1 aromatic rings. The number of rotatable bonds is 33. The van der Waals surface area contributed by atoms with Gasteiger partial charge in [-0.1, -0.05) is 201 Å². The molecule has 0 saturated heterocycles. The molecule has 0 bridgehead atoms. The van der Waals surface area contributed by atoms with Gasteiger partial charge >= 0.3 is 0 Å². The summed E-state index contributed by atoms with van der Waals surface area (Å²) in [5, 5.41) is 0. The summed E-state index contributed by atoms with van der Waals surface area (Å²) in [4.78, 5) is 17.9. The van der Waals surface area contributed by atoms with Gasteiger partial charge in [0, 0.05) is 12.8 Å². The van der Waals surface area contributed by atoms with E-state index in [2.05, 4.69) is 20.8 Å². The second-order valence-electron chi connectivity index (χ2n) is 13.8. The lowest BCUT2D eigenvalue weighted by Gasteiger charge is -2.09. The topological polar surface area (TPSA) is 60.9 Å². The highest BCUT2D eigenvalue weighted by Gasteiger charge is 2.18. The molecule has 0 aliphatic rings. The van der Waals surface area contributed by atoms with E-state index in [9.17, 15) is 4.79 Å². The summed E-state index contributed by atoms with van der Waals surface area (Å²) in [7, 11) is 0. The number of aryl methyl sites for hydroxylation is 2. The Bertz CT molecular complexity index is 771. The normalized spacial score (nSPS) is 11.5. The predicted octanol–water partition coefficient (Wildman–Crippen LogP) is 13.3. The lowest BCUT2D eigenvalue weighted by molar-refractivity contribution is 0.0898. The van der Waals surface area contributed by atoms with Crippen molar-refractivity contribution >= 4 is 11.7 Å². The number of nitrogen functional groups attached to an aromatic ring is 1. The van der Waals surface area contributed by atoms with Crippen molar-refractivity contribution in [2.24, 2.45) is 0 Å². The van der Waals surface area contributed by atoms with Crippen LogP contribution in [-0.2, 0) is 12.8 Å². The minimum atomic E-state index is 0.153. The summed E-state index contributed by atoms with van der Waals surface area (Å²) in [6, 6.07) is 0. The molecular weight excluding hydrogens is 538 g/mol. The Morgan fingerprint density at radius 1 is 0.500 bits per heavy atom. The van der Waals surface area contributed by atoms with Crippen LogP contribution in [0.2, 0.25) is 0 Å². The van der Waals surface area contributed by atoms with Gasteiger partial charge in [0.05, 0.1) is 5.69 Å². The Kier molecular flexibility index (Phi) is 28.1. The first-order valence-corrected chi connectivity index (χ1v) is 20.0. The first-order valence-electron chi connectivity index (χ1n) is 20.0. The summed E-state index contributed by atoms with van der Waals surface area (Å²) in [5.74, 6) is 1.65. The molecule has 1 rings (SSSR count). The number of anilines is 1. The first kappa shape index (κ1) is 40.7. The fraction of sp³-hybridized carbons (Fsp3) is 0.900. The molecule has 0 radical (unpaired) electrons. The maximum absolute atomic E-state index is 13.2. The maximum atomic E-state index is 13.2. The SMILES string of the molecule is CCCCCCCCCCCCCCCCCC(=O)n1c(CCCCCCCCCCCCCCCCC)nc(CC)c1N. The summed E-state index contributed by atoms with van der Waals surface area (Å²) >= 11 is 0. The van der Waals surface area contributed by atoms with Gasteiger partial charge in [0.1, 0.15) is 11.6 Å². The summed E-state index contributed by atoms with van der Waals surface area (Å²) < 4.78 is 1.77. The molecule has 0 fully saturated rings. The molecule has 1 aromatic heterocycles. The molecule has 0 saturated carbocycles. The third-order valence-electron chi connectivity index (χ3n) is 9.64. The van der Waals surface area contributed by atoms with Crippen LogP contribution in [0, 0.1) is 0 Å². The van der Waals surface area contributed by atoms with Gasteiger partial charge in [-0.25, -0.2) is 4.98 Å². The van der Waals surface area contributed by atoms with Crippen molar-refractivity contribution in [1.29, 1.82) is 0 Å². The third-order valence-corrected chi connectivity index (χ3v) is 9.64. The smallest absolute Gasteiger partial charge is 0.233 e. The van der Waals surface area contributed by atoms with Gasteiger partial charge in [-0.3, -0.25) is 9.36 Å². The minimum Gasteiger partial charge on any atom is -0.383 e. The fourth-order valence-electron chi connectivity index (χ4n) is 6.65. The lowest BCUT2D eigenvalue weighted by Crippen LogP contribution is -2.16. The van der Waals surface area contributed by atoms with E-state index < -0.39 is 0 Å². The lowest BCUT2D eigenvalue weighted by atomic mass is 10.0. The van der Waals surface area contributed by atoms with Gasteiger partial charge in [0.25, 0.3) is 0 Å². The standard InChI is InChI=1S/C40H77N3O/c1-4-7-9-11-13-15-17-19-21-23-25-27-29-31-33-35-38-42-37(6-3)40(41)43(38)39(44)36-34-32-30-28-26-24-22-20-18-16-14-12-10-8-5-2/h4-36,41H2,1-3H3. The summed E-state index contributed by atoms with van der Waals surface area (Å²) in [6.07, 6.45) is 42.8. The first-order chi connectivity index (χ1) is 21.7. The van der Waals surface area contributed by atoms with Crippen molar-refractivity contribution in [2.75, 3.05) is 5.73 Å². The van der Waals surface area contributed by atoms with E-state index in [-0.39, 0.29) is 5.91 Å². The molecule has 0 aliphatic heterocycles. The maximum Gasteiger partial charge on any atom is 0.233 e. The second kappa shape index (κ2) is 30.3. The van der Waals surface area contributed by atoms with Crippen LogP contribution in [0.1, 0.15) is 236 Å². The number of unbranched alkanes of at least 4 members (excludes halogenated alkanes) is 28. The molecule has 0 aliphatic carbocycles. The molecule has 44 heavy (non-hydrogen) atoms. The minimum absolute atomic E-state index is 0.153. The molecule has 0 spiro atoms. The van der Waals surface area contributed by atoms with E-state index in [0.29, 0.717) is 12.2 Å². The average Bonchev–Trinajstić information content (AvgIpc) is 3.35. The third kappa shape index (κ3) is 21.4. The molecule has 4 heteroatoms. The number of nitrogens with two attached hydrogens (primary N) is 1. The van der Waals surface area contributed by atoms with Crippen LogP contribution in [0.4, 0.5) is 5.82 Å². The molecule has 258 valence electrons. The Morgan fingerprint density at radius 3 is 1.16 bits per heavy atom. The van der Waals surface area contributed by atoms with E-state index in [4.69, 9.17) is 10.7 Å². The van der Waals surface area contributed by atoms with Crippen LogP contribution in [0.5, 0.6) is 0 Å². The highest BCUT2D eigenvalue weighted by Crippen LogP contribution is 2.21. The van der Waals surface area contributed by atoms with Gasteiger partial charge < -0.3 is 5.73 Å². The van der Waals surface area contributed by atoms with Crippen molar-refractivity contribution in [3.05, 3.63) is 11.5 Å². The molecule has 0 amide bonds.